The number of likely N-dealkylation sites (tertiary alicyclic amines) is 1. The number of carbonyl (C=O) groups is 1. The predicted octanol–water partition coefficient (Wildman–Crippen LogP) is 1.93. The lowest BCUT2D eigenvalue weighted by Gasteiger charge is -2.37. The van der Waals surface area contributed by atoms with Crippen LogP contribution in [0.1, 0.15) is 28.8 Å². The molecule has 0 aliphatic carbocycles. The Morgan fingerprint density at radius 3 is 2.57 bits per heavy atom. The van der Waals surface area contributed by atoms with Crippen molar-refractivity contribution in [2.45, 2.75) is 25.8 Å². The number of hydrogen-bond acceptors (Lipinski definition) is 5. The molecule has 1 aliphatic heterocycles. The molecule has 0 atom stereocenters. The van der Waals surface area contributed by atoms with E-state index in [-0.39, 0.29) is 17.5 Å². The third-order valence-electron chi connectivity index (χ3n) is 5.28. The van der Waals surface area contributed by atoms with Crippen LogP contribution >= 0.6 is 0 Å². The van der Waals surface area contributed by atoms with Crippen molar-refractivity contribution in [3.05, 3.63) is 51.9 Å². The Labute approximate surface area is 165 Å². The number of H-pyrrole nitrogens is 1. The van der Waals surface area contributed by atoms with Gasteiger partial charge >= 0.3 is 0 Å². The van der Waals surface area contributed by atoms with Crippen molar-refractivity contribution in [1.82, 2.24) is 19.8 Å². The van der Waals surface area contributed by atoms with Crippen molar-refractivity contribution in [2.75, 3.05) is 40.4 Å². The van der Waals surface area contributed by atoms with E-state index in [9.17, 15) is 9.59 Å². The van der Waals surface area contributed by atoms with Gasteiger partial charge in [-0.25, -0.2) is 4.98 Å². The highest BCUT2D eigenvalue weighted by Crippen LogP contribution is 2.18. The lowest BCUT2D eigenvalue weighted by atomic mass is 10.0. The first-order valence-corrected chi connectivity index (χ1v) is 9.64. The zero-order valence-electron chi connectivity index (χ0n) is 16.8. The maximum absolute atomic E-state index is 13.1. The van der Waals surface area contributed by atoms with Crippen LogP contribution in [0.4, 0.5) is 0 Å². The van der Waals surface area contributed by atoms with Gasteiger partial charge in [-0.2, -0.15) is 0 Å². The van der Waals surface area contributed by atoms with Crippen LogP contribution in [0.5, 0.6) is 0 Å². The summed E-state index contributed by atoms with van der Waals surface area (Å²) < 4.78 is 5.18. The van der Waals surface area contributed by atoms with E-state index < -0.39 is 5.56 Å². The van der Waals surface area contributed by atoms with Gasteiger partial charge in [-0.3, -0.25) is 9.59 Å². The zero-order valence-corrected chi connectivity index (χ0v) is 16.8. The second-order valence-corrected chi connectivity index (χ2v) is 7.37. The van der Waals surface area contributed by atoms with Gasteiger partial charge in [0, 0.05) is 31.5 Å². The van der Waals surface area contributed by atoms with Crippen LogP contribution in [0, 0.1) is 6.92 Å². The highest BCUT2D eigenvalue weighted by Gasteiger charge is 2.29. The molecule has 7 heteroatoms. The number of methoxy groups -OCH3 is 1. The Morgan fingerprint density at radius 1 is 1.29 bits per heavy atom. The molecule has 1 aromatic heterocycles. The van der Waals surface area contributed by atoms with Crippen molar-refractivity contribution in [1.29, 1.82) is 0 Å². The molecule has 28 heavy (non-hydrogen) atoms. The third-order valence-corrected chi connectivity index (χ3v) is 5.28. The van der Waals surface area contributed by atoms with Gasteiger partial charge in [-0.15, -0.1) is 0 Å². The number of rotatable bonds is 6. The molecule has 0 saturated carbocycles. The molecule has 150 valence electrons. The molecule has 3 rings (SSSR count). The number of aromatic amines is 1. The molecule has 7 nitrogen and oxygen atoms in total. The number of ether oxygens (including phenoxy) is 1. The normalized spacial score (nSPS) is 15.5. The number of hydrogen-bond donors (Lipinski definition) is 1. The van der Waals surface area contributed by atoms with E-state index in [2.05, 4.69) is 21.9 Å². The molecule has 1 fully saturated rings. The summed E-state index contributed by atoms with van der Waals surface area (Å²) in [6, 6.07) is 7.83. The number of benzene rings is 1. The molecular weight excluding hydrogens is 356 g/mol. The molecule has 1 aromatic carbocycles. The van der Waals surface area contributed by atoms with Crippen LogP contribution in [0.3, 0.4) is 0 Å². The summed E-state index contributed by atoms with van der Waals surface area (Å²) in [5.74, 6) is 0.181. The molecule has 1 aliphatic rings. The number of nitrogens with one attached hydrogen (secondary N) is 1. The summed E-state index contributed by atoms with van der Waals surface area (Å²) in [7, 11) is 3.69. The van der Waals surface area contributed by atoms with Crippen LogP contribution < -0.4 is 5.56 Å². The number of aromatic nitrogens is 2. The van der Waals surface area contributed by atoms with Gasteiger partial charge in [-0.1, -0.05) is 29.8 Å². The van der Waals surface area contributed by atoms with Gasteiger partial charge in [-0.05, 0) is 39.9 Å². The molecule has 1 N–H and O–H groups in total. The molecule has 2 heterocycles. The standard InChI is InChI=1S/C21H28N4O3/c1-15-4-6-16(7-5-15)19-22-14-18(20(26)23-19)21(27)25(12-13-28-3)17-8-10-24(2)11-9-17/h4-7,14,17H,8-13H2,1-3H3,(H,22,23,26). The Bertz CT molecular complexity index is 855. The second-order valence-electron chi connectivity index (χ2n) is 7.37. The fourth-order valence-corrected chi connectivity index (χ4v) is 3.51. The van der Waals surface area contributed by atoms with Crippen LogP contribution in [0.2, 0.25) is 0 Å². The van der Waals surface area contributed by atoms with Crippen molar-refractivity contribution in [3.63, 3.8) is 0 Å². The summed E-state index contributed by atoms with van der Waals surface area (Å²) in [5.41, 5.74) is 1.61. The first-order chi connectivity index (χ1) is 13.5. The summed E-state index contributed by atoms with van der Waals surface area (Å²) in [5, 5.41) is 0. The topological polar surface area (TPSA) is 78.5 Å². The molecule has 0 unspecified atom stereocenters. The minimum atomic E-state index is -0.411. The number of nitrogens with zero attached hydrogens (tertiary/aromatic N) is 3. The number of piperidine rings is 1. The summed E-state index contributed by atoms with van der Waals surface area (Å²) >= 11 is 0. The smallest absolute Gasteiger partial charge is 0.264 e. The lowest BCUT2D eigenvalue weighted by Crippen LogP contribution is -2.48. The molecule has 0 spiro atoms. The van der Waals surface area contributed by atoms with E-state index in [1.807, 2.05) is 31.2 Å². The Balaban J connectivity index is 1.83. The average molecular weight is 384 g/mol. The van der Waals surface area contributed by atoms with Gasteiger partial charge in [0.2, 0.25) is 0 Å². The molecule has 0 bridgehead atoms. The van der Waals surface area contributed by atoms with Crippen LogP contribution in [0.25, 0.3) is 11.4 Å². The Morgan fingerprint density at radius 2 is 1.96 bits per heavy atom. The SMILES string of the molecule is COCCN(C(=O)c1cnc(-c2ccc(C)cc2)[nH]c1=O)C1CCN(C)CC1. The first-order valence-electron chi connectivity index (χ1n) is 9.64. The molecule has 0 radical (unpaired) electrons. The van der Waals surface area contributed by atoms with Crippen molar-refractivity contribution >= 4 is 5.91 Å². The molecule has 1 saturated heterocycles. The van der Waals surface area contributed by atoms with Gasteiger partial charge in [0.25, 0.3) is 11.5 Å². The quantitative estimate of drug-likeness (QED) is 0.823. The largest absolute Gasteiger partial charge is 0.383 e. The third kappa shape index (κ3) is 4.66. The van der Waals surface area contributed by atoms with Crippen LogP contribution in [-0.4, -0.2) is 72.1 Å². The number of aryl methyl sites for hydroxylation is 1. The van der Waals surface area contributed by atoms with Crippen LogP contribution in [-0.2, 0) is 4.74 Å². The van der Waals surface area contributed by atoms with Crippen molar-refractivity contribution in [2.24, 2.45) is 0 Å². The predicted molar refractivity (Wildman–Crippen MR) is 108 cm³/mol. The summed E-state index contributed by atoms with van der Waals surface area (Å²) in [4.78, 5) is 36.9. The zero-order chi connectivity index (χ0) is 20.1. The molecule has 2 aromatic rings. The van der Waals surface area contributed by atoms with Crippen molar-refractivity contribution < 1.29 is 9.53 Å². The number of amides is 1. The first kappa shape index (κ1) is 20.2. The average Bonchev–Trinajstić information content (AvgIpc) is 2.70. The summed E-state index contributed by atoms with van der Waals surface area (Å²) in [6.07, 6.45) is 3.17. The fraction of sp³-hybridized carbons (Fsp3) is 0.476. The van der Waals surface area contributed by atoms with Gasteiger partial charge in [0.15, 0.2) is 0 Å². The minimum Gasteiger partial charge on any atom is -0.383 e. The number of carbonyl (C=O) groups excluding carboxylic acids is 1. The van der Waals surface area contributed by atoms with E-state index in [0.29, 0.717) is 19.0 Å². The monoisotopic (exact) mass is 384 g/mol. The van der Waals surface area contributed by atoms with E-state index in [4.69, 9.17) is 4.74 Å². The highest BCUT2D eigenvalue weighted by molar-refractivity contribution is 5.94. The van der Waals surface area contributed by atoms with Crippen LogP contribution in [0.15, 0.2) is 35.3 Å². The van der Waals surface area contributed by atoms with Gasteiger partial charge in [0.05, 0.1) is 6.61 Å². The van der Waals surface area contributed by atoms with E-state index in [0.717, 1.165) is 37.1 Å². The molecule has 1 amide bonds. The fourth-order valence-electron chi connectivity index (χ4n) is 3.51. The van der Waals surface area contributed by atoms with E-state index in [1.165, 1.54) is 6.20 Å². The lowest BCUT2D eigenvalue weighted by molar-refractivity contribution is 0.0503. The highest BCUT2D eigenvalue weighted by atomic mass is 16.5. The maximum atomic E-state index is 13.1. The maximum Gasteiger partial charge on any atom is 0.264 e. The van der Waals surface area contributed by atoms with Gasteiger partial charge in [0.1, 0.15) is 11.4 Å². The van der Waals surface area contributed by atoms with Crippen molar-refractivity contribution in [3.8, 4) is 11.4 Å². The van der Waals surface area contributed by atoms with E-state index in [1.54, 1.807) is 12.0 Å². The minimum absolute atomic E-state index is 0.0749. The van der Waals surface area contributed by atoms with E-state index >= 15 is 0 Å². The van der Waals surface area contributed by atoms with Gasteiger partial charge < -0.3 is 19.5 Å². The molecular formula is C21H28N4O3. The summed E-state index contributed by atoms with van der Waals surface area (Å²) in [6.45, 7) is 4.76. The second kappa shape index (κ2) is 9.12. The Kier molecular flexibility index (Phi) is 6.59. The Hall–Kier alpha value is -2.51.